The number of thiophene rings is 1. The number of hydrogen-bond donors (Lipinski definition) is 0. The van der Waals surface area contributed by atoms with E-state index in [2.05, 4.69) is 6.92 Å². The molecule has 0 aliphatic rings. The molecule has 1 heterocycles. The molecule has 0 aliphatic carbocycles. The van der Waals surface area contributed by atoms with Gasteiger partial charge in [0.15, 0.2) is 0 Å². The minimum atomic E-state index is -0.161. The monoisotopic (exact) mass is 206 g/mol. The van der Waals surface area contributed by atoms with Gasteiger partial charge in [-0.25, -0.2) is 4.39 Å². The fourth-order valence-corrected chi connectivity index (χ4v) is 2.30. The van der Waals surface area contributed by atoms with Crippen LogP contribution in [0.5, 0.6) is 0 Å². The lowest BCUT2D eigenvalue weighted by Gasteiger charge is -2.05. The molecule has 0 atom stereocenters. The maximum Gasteiger partial charge on any atom is 0.123 e. The van der Waals surface area contributed by atoms with Crippen LogP contribution in [0.2, 0.25) is 0 Å². The van der Waals surface area contributed by atoms with Gasteiger partial charge in [-0.3, -0.25) is 0 Å². The highest BCUT2D eigenvalue weighted by Gasteiger charge is 2.05. The molecule has 0 unspecified atom stereocenters. The summed E-state index contributed by atoms with van der Waals surface area (Å²) in [6.07, 6.45) is 0.938. The third-order valence-electron chi connectivity index (χ3n) is 2.24. The molecular formula is C12H11FS. The molecule has 0 nitrogen and oxygen atoms in total. The molecule has 0 spiro atoms. The van der Waals surface area contributed by atoms with Gasteiger partial charge in [0.2, 0.25) is 0 Å². The van der Waals surface area contributed by atoms with Crippen molar-refractivity contribution in [1.82, 2.24) is 0 Å². The summed E-state index contributed by atoms with van der Waals surface area (Å²) in [5.41, 5.74) is 2.23. The van der Waals surface area contributed by atoms with E-state index in [0.717, 1.165) is 16.9 Å². The van der Waals surface area contributed by atoms with Crippen LogP contribution >= 0.6 is 11.3 Å². The second-order valence-electron chi connectivity index (χ2n) is 3.13. The smallest absolute Gasteiger partial charge is 0.123 e. The Morgan fingerprint density at radius 1 is 1.29 bits per heavy atom. The fourth-order valence-electron chi connectivity index (χ4n) is 1.52. The normalized spacial score (nSPS) is 10.4. The largest absolute Gasteiger partial charge is 0.207 e. The van der Waals surface area contributed by atoms with Gasteiger partial charge in [-0.2, -0.15) is 0 Å². The van der Waals surface area contributed by atoms with Crippen LogP contribution in [0.15, 0.2) is 35.7 Å². The van der Waals surface area contributed by atoms with Crippen molar-refractivity contribution in [2.24, 2.45) is 0 Å². The van der Waals surface area contributed by atoms with Gasteiger partial charge in [0.1, 0.15) is 5.82 Å². The minimum absolute atomic E-state index is 0.161. The first-order chi connectivity index (χ1) is 6.81. The lowest BCUT2D eigenvalue weighted by atomic mass is 10.0. The molecule has 0 bridgehead atoms. The lowest BCUT2D eigenvalue weighted by Crippen LogP contribution is -1.87. The van der Waals surface area contributed by atoms with Crippen LogP contribution in [-0.4, -0.2) is 0 Å². The van der Waals surface area contributed by atoms with E-state index in [4.69, 9.17) is 0 Å². The van der Waals surface area contributed by atoms with Crippen LogP contribution in [0, 0.1) is 5.82 Å². The molecule has 1 aromatic heterocycles. The van der Waals surface area contributed by atoms with Crippen LogP contribution in [0.1, 0.15) is 12.5 Å². The van der Waals surface area contributed by atoms with Crippen molar-refractivity contribution in [1.29, 1.82) is 0 Å². The molecule has 0 saturated heterocycles. The Bertz CT molecular complexity index is 418. The van der Waals surface area contributed by atoms with Crippen LogP contribution in [0.25, 0.3) is 10.4 Å². The summed E-state index contributed by atoms with van der Waals surface area (Å²) in [4.78, 5) is 1.14. The van der Waals surface area contributed by atoms with Gasteiger partial charge in [-0.1, -0.05) is 19.1 Å². The first-order valence-electron chi connectivity index (χ1n) is 4.63. The van der Waals surface area contributed by atoms with Crippen molar-refractivity contribution in [3.05, 3.63) is 47.1 Å². The third-order valence-corrected chi connectivity index (χ3v) is 3.14. The Labute approximate surface area is 87.0 Å². The Morgan fingerprint density at radius 3 is 2.79 bits per heavy atom. The van der Waals surface area contributed by atoms with E-state index < -0.39 is 0 Å². The Kier molecular flexibility index (Phi) is 2.64. The Balaban J connectivity index is 2.55. The Hall–Kier alpha value is -1.15. The summed E-state index contributed by atoms with van der Waals surface area (Å²) < 4.78 is 13.1. The number of aryl methyl sites for hydroxylation is 1. The zero-order valence-corrected chi connectivity index (χ0v) is 8.77. The minimum Gasteiger partial charge on any atom is -0.207 e. The number of benzene rings is 1. The summed E-state index contributed by atoms with van der Waals surface area (Å²) in [5.74, 6) is -0.161. The maximum absolute atomic E-state index is 13.1. The average Bonchev–Trinajstić information content (AvgIpc) is 2.70. The standard InChI is InChI=1S/C12H11FS/c1-2-9-5-6-10(13)8-11(9)12-4-3-7-14-12/h3-8H,2H2,1H3. The fraction of sp³-hybridized carbons (Fsp3) is 0.167. The molecule has 1 aromatic carbocycles. The summed E-state index contributed by atoms with van der Waals surface area (Å²) in [5, 5.41) is 2.01. The highest BCUT2D eigenvalue weighted by molar-refractivity contribution is 7.13. The predicted molar refractivity (Wildman–Crippen MR) is 59.1 cm³/mol. The van der Waals surface area contributed by atoms with Crippen LogP contribution in [0.3, 0.4) is 0 Å². The molecule has 14 heavy (non-hydrogen) atoms. The van der Waals surface area contributed by atoms with Crippen molar-refractivity contribution < 1.29 is 4.39 Å². The number of hydrogen-bond acceptors (Lipinski definition) is 1. The van der Waals surface area contributed by atoms with Gasteiger partial charge in [0.25, 0.3) is 0 Å². The van der Waals surface area contributed by atoms with Crippen molar-refractivity contribution >= 4 is 11.3 Å². The predicted octanol–water partition coefficient (Wildman–Crippen LogP) is 4.12. The topological polar surface area (TPSA) is 0 Å². The van der Waals surface area contributed by atoms with Gasteiger partial charge < -0.3 is 0 Å². The van der Waals surface area contributed by atoms with Crippen LogP contribution in [-0.2, 0) is 6.42 Å². The highest BCUT2D eigenvalue weighted by atomic mass is 32.1. The molecule has 2 rings (SSSR count). The quantitative estimate of drug-likeness (QED) is 0.693. The molecule has 2 heteroatoms. The van der Waals surface area contributed by atoms with Gasteiger partial charge >= 0.3 is 0 Å². The lowest BCUT2D eigenvalue weighted by molar-refractivity contribution is 0.627. The second-order valence-corrected chi connectivity index (χ2v) is 4.08. The molecule has 0 amide bonds. The van der Waals surface area contributed by atoms with Crippen molar-refractivity contribution in [2.75, 3.05) is 0 Å². The van der Waals surface area contributed by atoms with Gasteiger partial charge in [-0.15, -0.1) is 11.3 Å². The summed E-state index contributed by atoms with van der Waals surface area (Å²) in [7, 11) is 0. The molecular weight excluding hydrogens is 195 g/mol. The molecule has 0 fully saturated rings. The third kappa shape index (κ3) is 1.70. The average molecular weight is 206 g/mol. The van der Waals surface area contributed by atoms with E-state index in [-0.39, 0.29) is 5.82 Å². The van der Waals surface area contributed by atoms with Crippen molar-refractivity contribution in [2.45, 2.75) is 13.3 Å². The van der Waals surface area contributed by atoms with Gasteiger partial charge in [0, 0.05) is 4.88 Å². The van der Waals surface area contributed by atoms with Crippen molar-refractivity contribution in [3.8, 4) is 10.4 Å². The van der Waals surface area contributed by atoms with Crippen LogP contribution < -0.4 is 0 Å². The molecule has 2 aromatic rings. The second kappa shape index (κ2) is 3.93. The highest BCUT2D eigenvalue weighted by Crippen LogP contribution is 2.28. The van der Waals surface area contributed by atoms with Gasteiger partial charge in [0.05, 0.1) is 0 Å². The first-order valence-corrected chi connectivity index (χ1v) is 5.51. The van der Waals surface area contributed by atoms with Gasteiger partial charge in [-0.05, 0) is 41.1 Å². The summed E-state index contributed by atoms with van der Waals surface area (Å²) >= 11 is 1.65. The zero-order chi connectivity index (χ0) is 9.97. The SMILES string of the molecule is CCc1ccc(F)cc1-c1cccs1. The molecule has 0 N–H and O–H groups in total. The van der Waals surface area contributed by atoms with Crippen LogP contribution in [0.4, 0.5) is 4.39 Å². The summed E-state index contributed by atoms with van der Waals surface area (Å²) in [6, 6.07) is 9.02. The number of halogens is 1. The Morgan fingerprint density at radius 2 is 2.14 bits per heavy atom. The molecule has 72 valence electrons. The van der Waals surface area contributed by atoms with E-state index in [1.54, 1.807) is 17.4 Å². The molecule has 0 radical (unpaired) electrons. The van der Waals surface area contributed by atoms with E-state index in [9.17, 15) is 4.39 Å². The van der Waals surface area contributed by atoms with E-state index in [1.165, 1.54) is 11.6 Å². The van der Waals surface area contributed by atoms with E-state index in [1.807, 2.05) is 23.6 Å². The molecule has 0 aliphatic heterocycles. The van der Waals surface area contributed by atoms with E-state index in [0.29, 0.717) is 0 Å². The first kappa shape index (κ1) is 9.41. The van der Waals surface area contributed by atoms with E-state index >= 15 is 0 Å². The molecule has 0 saturated carbocycles. The van der Waals surface area contributed by atoms with Crippen molar-refractivity contribution in [3.63, 3.8) is 0 Å². The number of rotatable bonds is 2. The summed E-state index contributed by atoms with van der Waals surface area (Å²) in [6.45, 7) is 2.09. The maximum atomic E-state index is 13.1. The zero-order valence-electron chi connectivity index (χ0n) is 7.96.